The number of oxazole rings is 1. The van der Waals surface area contributed by atoms with Crippen molar-refractivity contribution in [2.24, 2.45) is 5.73 Å². The predicted octanol–water partition coefficient (Wildman–Crippen LogP) is 3.23. The molecule has 1 unspecified atom stereocenters. The molecule has 19 heavy (non-hydrogen) atoms. The van der Waals surface area contributed by atoms with Crippen molar-refractivity contribution in [1.29, 1.82) is 0 Å². The molecule has 3 rings (SSSR count). The van der Waals surface area contributed by atoms with E-state index in [2.05, 4.69) is 17.1 Å². The zero-order valence-corrected chi connectivity index (χ0v) is 10.8. The molecule has 1 heterocycles. The lowest BCUT2D eigenvalue weighted by Crippen LogP contribution is -2.14. The third-order valence-corrected chi connectivity index (χ3v) is 3.30. The van der Waals surface area contributed by atoms with Crippen LogP contribution in [-0.2, 0) is 0 Å². The number of hydrogen-bond donors (Lipinski definition) is 1. The van der Waals surface area contributed by atoms with Gasteiger partial charge in [-0.15, -0.1) is 0 Å². The standard InChI is InChI=1S/C16H16N2O/c1-11-7-8-15-14(9-11)18-16(19-15)13(10-17)12-5-3-2-4-6-12/h2-9,13H,10,17H2,1H3. The van der Waals surface area contributed by atoms with Crippen LogP contribution in [0.2, 0.25) is 0 Å². The molecule has 2 aromatic carbocycles. The number of hydrogen-bond acceptors (Lipinski definition) is 3. The Morgan fingerprint density at radius 3 is 2.68 bits per heavy atom. The number of benzene rings is 2. The molecule has 0 radical (unpaired) electrons. The molecule has 2 N–H and O–H groups in total. The van der Waals surface area contributed by atoms with Gasteiger partial charge in [-0.2, -0.15) is 0 Å². The smallest absolute Gasteiger partial charge is 0.204 e. The first-order valence-corrected chi connectivity index (χ1v) is 6.40. The Labute approximate surface area is 112 Å². The van der Waals surface area contributed by atoms with Crippen molar-refractivity contribution in [2.75, 3.05) is 6.54 Å². The second-order valence-corrected chi connectivity index (χ2v) is 4.72. The second-order valence-electron chi connectivity index (χ2n) is 4.72. The average molecular weight is 252 g/mol. The van der Waals surface area contributed by atoms with E-state index in [1.54, 1.807) is 0 Å². The molecule has 3 heteroatoms. The van der Waals surface area contributed by atoms with E-state index < -0.39 is 0 Å². The molecule has 1 atom stereocenters. The fourth-order valence-electron chi connectivity index (χ4n) is 2.27. The van der Waals surface area contributed by atoms with Gasteiger partial charge in [-0.3, -0.25) is 0 Å². The minimum Gasteiger partial charge on any atom is -0.440 e. The molecule has 96 valence electrons. The summed E-state index contributed by atoms with van der Waals surface area (Å²) in [6.07, 6.45) is 0. The third kappa shape index (κ3) is 2.25. The SMILES string of the molecule is Cc1ccc2oc(C(CN)c3ccccc3)nc2c1. The van der Waals surface area contributed by atoms with E-state index in [4.69, 9.17) is 10.2 Å². The molecule has 3 nitrogen and oxygen atoms in total. The number of nitrogens with two attached hydrogens (primary N) is 1. The van der Waals surface area contributed by atoms with Crippen LogP contribution in [0.5, 0.6) is 0 Å². The maximum atomic E-state index is 5.89. The minimum atomic E-state index is 0.00825. The lowest BCUT2D eigenvalue weighted by Gasteiger charge is -2.10. The number of nitrogens with zero attached hydrogens (tertiary/aromatic N) is 1. The van der Waals surface area contributed by atoms with Crippen LogP contribution < -0.4 is 5.73 Å². The summed E-state index contributed by atoms with van der Waals surface area (Å²) >= 11 is 0. The van der Waals surface area contributed by atoms with Gasteiger partial charge in [0, 0.05) is 6.54 Å². The maximum absolute atomic E-state index is 5.89. The van der Waals surface area contributed by atoms with Crippen LogP contribution in [0, 0.1) is 6.92 Å². The molecule has 0 aliphatic carbocycles. The summed E-state index contributed by atoms with van der Waals surface area (Å²) in [5.41, 5.74) is 9.91. The normalized spacial score (nSPS) is 12.7. The molecule has 1 aromatic heterocycles. The summed E-state index contributed by atoms with van der Waals surface area (Å²) in [6.45, 7) is 2.53. The Morgan fingerprint density at radius 2 is 1.95 bits per heavy atom. The molecule has 0 saturated carbocycles. The van der Waals surface area contributed by atoms with E-state index in [9.17, 15) is 0 Å². The van der Waals surface area contributed by atoms with Gasteiger partial charge in [-0.05, 0) is 30.2 Å². The molecule has 0 bridgehead atoms. The molecule has 0 spiro atoms. The molecule has 3 aromatic rings. The lowest BCUT2D eigenvalue weighted by molar-refractivity contribution is 0.502. The summed E-state index contributed by atoms with van der Waals surface area (Å²) in [5, 5.41) is 0. The fourth-order valence-corrected chi connectivity index (χ4v) is 2.27. The molecule has 0 aliphatic heterocycles. The first-order valence-electron chi connectivity index (χ1n) is 6.40. The second kappa shape index (κ2) is 4.86. The van der Waals surface area contributed by atoms with Gasteiger partial charge in [-0.25, -0.2) is 4.98 Å². The summed E-state index contributed by atoms with van der Waals surface area (Å²) < 4.78 is 5.84. The van der Waals surface area contributed by atoms with Crippen molar-refractivity contribution in [3.63, 3.8) is 0 Å². The summed E-state index contributed by atoms with van der Waals surface area (Å²) in [4.78, 5) is 4.57. The number of aromatic nitrogens is 1. The molecule has 0 fully saturated rings. The molecule has 0 amide bonds. The highest BCUT2D eigenvalue weighted by Crippen LogP contribution is 2.26. The van der Waals surface area contributed by atoms with Crippen molar-refractivity contribution in [2.45, 2.75) is 12.8 Å². The third-order valence-electron chi connectivity index (χ3n) is 3.30. The van der Waals surface area contributed by atoms with Gasteiger partial charge in [0.05, 0.1) is 5.92 Å². The van der Waals surface area contributed by atoms with Crippen LogP contribution >= 0.6 is 0 Å². The number of aryl methyl sites for hydroxylation is 1. The van der Waals surface area contributed by atoms with Crippen molar-refractivity contribution in [1.82, 2.24) is 4.98 Å². The van der Waals surface area contributed by atoms with Crippen LogP contribution in [0.4, 0.5) is 0 Å². The van der Waals surface area contributed by atoms with Crippen molar-refractivity contribution in [3.8, 4) is 0 Å². The van der Waals surface area contributed by atoms with Crippen molar-refractivity contribution >= 4 is 11.1 Å². The minimum absolute atomic E-state index is 0.00825. The highest BCUT2D eigenvalue weighted by Gasteiger charge is 2.18. The average Bonchev–Trinajstić information content (AvgIpc) is 2.83. The van der Waals surface area contributed by atoms with Gasteiger partial charge in [0.2, 0.25) is 5.89 Å². The van der Waals surface area contributed by atoms with Crippen LogP contribution in [0.25, 0.3) is 11.1 Å². The topological polar surface area (TPSA) is 52.0 Å². The lowest BCUT2D eigenvalue weighted by atomic mass is 9.99. The summed E-state index contributed by atoms with van der Waals surface area (Å²) in [6, 6.07) is 16.1. The van der Waals surface area contributed by atoms with Gasteiger partial charge in [0.15, 0.2) is 5.58 Å². The van der Waals surface area contributed by atoms with E-state index in [-0.39, 0.29) is 5.92 Å². The largest absolute Gasteiger partial charge is 0.440 e. The Balaban J connectivity index is 2.07. The zero-order chi connectivity index (χ0) is 13.2. The van der Waals surface area contributed by atoms with E-state index in [1.807, 2.05) is 43.3 Å². The molecule has 0 aliphatic rings. The monoisotopic (exact) mass is 252 g/mol. The first kappa shape index (κ1) is 11.9. The Kier molecular flexibility index (Phi) is 3.05. The van der Waals surface area contributed by atoms with Crippen LogP contribution in [0.1, 0.15) is 22.9 Å². The van der Waals surface area contributed by atoms with Gasteiger partial charge in [0.1, 0.15) is 5.52 Å². The Morgan fingerprint density at radius 1 is 1.16 bits per heavy atom. The highest BCUT2D eigenvalue weighted by molar-refractivity contribution is 5.73. The number of rotatable bonds is 3. The quantitative estimate of drug-likeness (QED) is 0.778. The van der Waals surface area contributed by atoms with E-state index in [0.717, 1.165) is 16.7 Å². The Hall–Kier alpha value is -2.13. The summed E-state index contributed by atoms with van der Waals surface area (Å²) in [5.74, 6) is 0.697. The zero-order valence-electron chi connectivity index (χ0n) is 10.8. The van der Waals surface area contributed by atoms with E-state index in [0.29, 0.717) is 12.4 Å². The maximum Gasteiger partial charge on any atom is 0.204 e. The predicted molar refractivity (Wildman–Crippen MR) is 76.1 cm³/mol. The van der Waals surface area contributed by atoms with Crippen LogP contribution in [0.3, 0.4) is 0 Å². The number of fused-ring (bicyclic) bond motifs is 1. The van der Waals surface area contributed by atoms with Gasteiger partial charge in [-0.1, -0.05) is 36.4 Å². The van der Waals surface area contributed by atoms with Gasteiger partial charge >= 0.3 is 0 Å². The van der Waals surface area contributed by atoms with Crippen molar-refractivity contribution < 1.29 is 4.42 Å². The van der Waals surface area contributed by atoms with E-state index >= 15 is 0 Å². The van der Waals surface area contributed by atoms with Gasteiger partial charge in [0.25, 0.3) is 0 Å². The van der Waals surface area contributed by atoms with Gasteiger partial charge < -0.3 is 10.2 Å². The molecule has 0 saturated heterocycles. The Bertz CT molecular complexity index is 688. The molecular weight excluding hydrogens is 236 g/mol. The fraction of sp³-hybridized carbons (Fsp3) is 0.188. The van der Waals surface area contributed by atoms with Crippen molar-refractivity contribution in [3.05, 3.63) is 65.5 Å². The van der Waals surface area contributed by atoms with E-state index in [1.165, 1.54) is 5.56 Å². The van der Waals surface area contributed by atoms with Crippen LogP contribution in [0.15, 0.2) is 52.9 Å². The summed E-state index contributed by atoms with van der Waals surface area (Å²) in [7, 11) is 0. The highest BCUT2D eigenvalue weighted by atomic mass is 16.3. The molecular formula is C16H16N2O. The van der Waals surface area contributed by atoms with Crippen LogP contribution in [-0.4, -0.2) is 11.5 Å². The first-order chi connectivity index (χ1) is 9.28.